The average Bonchev–Trinajstić information content (AvgIpc) is 3.06. The topological polar surface area (TPSA) is 59.0 Å². The molecule has 0 radical (unpaired) electrons. The second kappa shape index (κ2) is 7.33. The van der Waals surface area contributed by atoms with Crippen molar-refractivity contribution in [3.8, 4) is 11.5 Å². The number of pyridine rings is 1. The third-order valence-corrected chi connectivity index (χ3v) is 4.95. The van der Waals surface area contributed by atoms with Crippen molar-refractivity contribution in [2.75, 3.05) is 11.9 Å². The zero-order valence-electron chi connectivity index (χ0n) is 16.7. The van der Waals surface area contributed by atoms with Crippen molar-refractivity contribution in [2.45, 2.75) is 59.4 Å². The van der Waals surface area contributed by atoms with Crippen molar-refractivity contribution in [3.63, 3.8) is 0 Å². The number of aromatic nitrogens is 3. The minimum atomic E-state index is -0.368. The molecule has 6 heteroatoms. The van der Waals surface area contributed by atoms with Crippen LogP contribution in [0.1, 0.15) is 51.8 Å². The van der Waals surface area contributed by atoms with E-state index in [0.29, 0.717) is 17.9 Å². The van der Waals surface area contributed by atoms with E-state index in [2.05, 4.69) is 35.7 Å². The van der Waals surface area contributed by atoms with E-state index in [4.69, 9.17) is 0 Å². The molecule has 0 aliphatic heterocycles. The molecule has 2 aromatic heterocycles. The first kappa shape index (κ1) is 19.4. The molecule has 0 bridgehead atoms. The highest BCUT2D eigenvalue weighted by Gasteiger charge is 2.28. The van der Waals surface area contributed by atoms with Gasteiger partial charge in [-0.3, -0.25) is 9.78 Å². The third-order valence-electron chi connectivity index (χ3n) is 4.95. The van der Waals surface area contributed by atoms with Crippen LogP contribution < -0.4 is 4.90 Å². The molecular formula is C21H27FN4O. The van der Waals surface area contributed by atoms with Gasteiger partial charge < -0.3 is 4.90 Å². The molecule has 2 heterocycles. The number of fused-ring (bicyclic) bond motifs is 1. The Bertz CT molecular complexity index is 860. The third kappa shape index (κ3) is 4.31. The Morgan fingerprint density at radius 2 is 2.04 bits per heavy atom. The van der Waals surface area contributed by atoms with Crippen LogP contribution in [0.25, 0.3) is 11.5 Å². The normalized spacial score (nSPS) is 14.7. The number of hydrogen-bond acceptors (Lipinski definition) is 5. The van der Waals surface area contributed by atoms with Crippen molar-refractivity contribution >= 4 is 11.6 Å². The first-order chi connectivity index (χ1) is 12.7. The second-order valence-electron chi connectivity index (χ2n) is 8.50. The van der Waals surface area contributed by atoms with Crippen molar-refractivity contribution in [2.24, 2.45) is 5.41 Å². The zero-order chi connectivity index (χ0) is 19.8. The molecule has 5 nitrogen and oxygen atoms in total. The van der Waals surface area contributed by atoms with Crippen LogP contribution in [0.3, 0.4) is 0 Å². The molecule has 0 spiro atoms. The van der Waals surface area contributed by atoms with E-state index in [1.165, 1.54) is 18.3 Å². The van der Waals surface area contributed by atoms with Crippen molar-refractivity contribution < 1.29 is 9.18 Å². The SMILES string of the molecule is C[C@H](C(=O)CC(C)(C)C)N(C)c1nc(-c2cc(F)ccn2)nc2c1CCC2. The Morgan fingerprint density at radius 3 is 2.70 bits per heavy atom. The van der Waals surface area contributed by atoms with Gasteiger partial charge in [0.2, 0.25) is 0 Å². The van der Waals surface area contributed by atoms with E-state index < -0.39 is 0 Å². The summed E-state index contributed by atoms with van der Waals surface area (Å²) in [5, 5.41) is 0. The summed E-state index contributed by atoms with van der Waals surface area (Å²) in [5.74, 6) is 0.981. The lowest BCUT2D eigenvalue weighted by molar-refractivity contribution is -0.121. The maximum Gasteiger partial charge on any atom is 0.180 e. The molecule has 1 aliphatic rings. The fraction of sp³-hybridized carbons (Fsp3) is 0.524. The number of nitrogens with zero attached hydrogens (tertiary/aromatic N) is 4. The number of rotatable bonds is 5. The number of anilines is 1. The number of hydrogen-bond donors (Lipinski definition) is 0. The molecule has 0 fully saturated rings. The number of carbonyl (C=O) groups is 1. The van der Waals surface area contributed by atoms with Gasteiger partial charge in [0, 0.05) is 37.0 Å². The van der Waals surface area contributed by atoms with Gasteiger partial charge in [-0.25, -0.2) is 14.4 Å². The van der Waals surface area contributed by atoms with Gasteiger partial charge >= 0.3 is 0 Å². The zero-order valence-corrected chi connectivity index (χ0v) is 16.7. The van der Waals surface area contributed by atoms with Crippen LogP contribution in [0.4, 0.5) is 10.2 Å². The number of ketones is 1. The monoisotopic (exact) mass is 370 g/mol. The molecule has 0 amide bonds. The van der Waals surface area contributed by atoms with E-state index in [-0.39, 0.29) is 23.1 Å². The molecule has 1 atom stereocenters. The van der Waals surface area contributed by atoms with Crippen LogP contribution in [-0.2, 0) is 17.6 Å². The Kier molecular flexibility index (Phi) is 5.27. The molecule has 0 N–H and O–H groups in total. The Hall–Kier alpha value is -2.37. The van der Waals surface area contributed by atoms with Gasteiger partial charge in [-0.2, -0.15) is 0 Å². The Balaban J connectivity index is 1.98. The smallest absolute Gasteiger partial charge is 0.180 e. The summed E-state index contributed by atoms with van der Waals surface area (Å²) in [7, 11) is 1.90. The maximum absolute atomic E-state index is 13.6. The number of likely N-dealkylation sites (N-methyl/N-ethyl adjacent to an activating group) is 1. The van der Waals surface area contributed by atoms with Crippen LogP contribution >= 0.6 is 0 Å². The fourth-order valence-electron chi connectivity index (χ4n) is 3.42. The highest BCUT2D eigenvalue weighted by molar-refractivity contribution is 5.87. The van der Waals surface area contributed by atoms with Gasteiger partial charge in [0.15, 0.2) is 11.6 Å². The summed E-state index contributed by atoms with van der Waals surface area (Å²) in [6.45, 7) is 8.10. The number of halogens is 1. The number of Topliss-reactive ketones (excluding diaryl/α,β-unsaturated/α-hetero) is 1. The molecule has 0 aromatic carbocycles. The highest BCUT2D eigenvalue weighted by atomic mass is 19.1. The summed E-state index contributed by atoms with van der Waals surface area (Å²) in [6, 6.07) is 2.35. The van der Waals surface area contributed by atoms with E-state index in [1.54, 1.807) is 0 Å². The summed E-state index contributed by atoms with van der Waals surface area (Å²) in [6.07, 6.45) is 4.69. The molecule has 0 unspecified atom stereocenters. The first-order valence-corrected chi connectivity index (χ1v) is 9.43. The minimum Gasteiger partial charge on any atom is -0.350 e. The quantitative estimate of drug-likeness (QED) is 0.796. The van der Waals surface area contributed by atoms with Gasteiger partial charge in [0.05, 0.1) is 6.04 Å². The lowest BCUT2D eigenvalue weighted by Gasteiger charge is -2.29. The predicted octanol–water partition coefficient (Wildman–Crippen LogP) is 4.00. The molecule has 0 saturated carbocycles. The molecule has 27 heavy (non-hydrogen) atoms. The fourth-order valence-corrected chi connectivity index (χ4v) is 3.42. The summed E-state index contributed by atoms with van der Waals surface area (Å²) < 4.78 is 13.6. The second-order valence-corrected chi connectivity index (χ2v) is 8.50. The Morgan fingerprint density at radius 1 is 1.30 bits per heavy atom. The lowest BCUT2D eigenvalue weighted by Crippen LogP contribution is -2.38. The first-order valence-electron chi connectivity index (χ1n) is 9.43. The van der Waals surface area contributed by atoms with Crippen molar-refractivity contribution in [3.05, 3.63) is 35.4 Å². The van der Waals surface area contributed by atoms with Crippen LogP contribution in [0.15, 0.2) is 18.3 Å². The van der Waals surface area contributed by atoms with E-state index in [1.807, 2.05) is 18.9 Å². The Labute approximate surface area is 160 Å². The van der Waals surface area contributed by atoms with Crippen LogP contribution in [0.2, 0.25) is 0 Å². The largest absolute Gasteiger partial charge is 0.350 e. The van der Waals surface area contributed by atoms with Gasteiger partial charge in [-0.05, 0) is 37.7 Å². The van der Waals surface area contributed by atoms with E-state index >= 15 is 0 Å². The highest BCUT2D eigenvalue weighted by Crippen LogP contribution is 2.32. The minimum absolute atomic E-state index is 0.0591. The molecule has 2 aromatic rings. The van der Waals surface area contributed by atoms with Crippen LogP contribution in [-0.4, -0.2) is 33.8 Å². The van der Waals surface area contributed by atoms with Crippen LogP contribution in [0.5, 0.6) is 0 Å². The number of carbonyl (C=O) groups excluding carboxylic acids is 1. The number of aryl methyl sites for hydroxylation is 1. The maximum atomic E-state index is 13.6. The van der Waals surface area contributed by atoms with Crippen molar-refractivity contribution in [1.29, 1.82) is 0 Å². The molecule has 144 valence electrons. The molecular weight excluding hydrogens is 343 g/mol. The van der Waals surface area contributed by atoms with Crippen LogP contribution in [0, 0.1) is 11.2 Å². The summed E-state index contributed by atoms with van der Waals surface area (Å²) >= 11 is 0. The predicted molar refractivity (Wildman–Crippen MR) is 104 cm³/mol. The summed E-state index contributed by atoms with van der Waals surface area (Å²) in [5.41, 5.74) is 2.42. The summed E-state index contributed by atoms with van der Waals surface area (Å²) in [4.78, 5) is 28.2. The van der Waals surface area contributed by atoms with Crippen molar-refractivity contribution in [1.82, 2.24) is 15.0 Å². The lowest BCUT2D eigenvalue weighted by atomic mass is 9.88. The average molecular weight is 370 g/mol. The van der Waals surface area contributed by atoms with Gasteiger partial charge in [0.25, 0.3) is 0 Å². The molecule has 1 aliphatic carbocycles. The van der Waals surface area contributed by atoms with E-state index in [0.717, 1.165) is 36.3 Å². The molecule has 3 rings (SSSR count). The van der Waals surface area contributed by atoms with Gasteiger partial charge in [-0.1, -0.05) is 20.8 Å². The standard InChI is InChI=1S/C21H27FN4O/c1-13(18(27)12-21(2,3)4)26(5)20-15-7-6-8-16(15)24-19(25-20)17-11-14(22)9-10-23-17/h9-11,13H,6-8,12H2,1-5H3/t13-/m1/s1. The van der Waals surface area contributed by atoms with Gasteiger partial charge in [-0.15, -0.1) is 0 Å². The van der Waals surface area contributed by atoms with Gasteiger partial charge in [0.1, 0.15) is 17.3 Å². The molecule has 0 saturated heterocycles. The van der Waals surface area contributed by atoms with E-state index in [9.17, 15) is 9.18 Å².